The summed E-state index contributed by atoms with van der Waals surface area (Å²) in [6, 6.07) is 3.84. The van der Waals surface area contributed by atoms with Gasteiger partial charge in [-0.1, -0.05) is 6.42 Å². The lowest BCUT2D eigenvalue weighted by molar-refractivity contribution is -0.171. The highest BCUT2D eigenvalue weighted by molar-refractivity contribution is 5.90. The molecular formula is C20H30ClN3O3. The number of hydrogen-bond donors (Lipinski definition) is 1. The fourth-order valence-electron chi connectivity index (χ4n) is 5.48. The van der Waals surface area contributed by atoms with Crippen LogP contribution in [0.1, 0.15) is 48.2 Å². The van der Waals surface area contributed by atoms with E-state index in [1.807, 2.05) is 19.2 Å². The molecule has 27 heavy (non-hydrogen) atoms. The van der Waals surface area contributed by atoms with Crippen molar-refractivity contribution < 1.29 is 14.3 Å². The number of methoxy groups -OCH3 is 1. The molecule has 150 valence electrons. The van der Waals surface area contributed by atoms with Crippen molar-refractivity contribution in [2.24, 2.45) is 17.6 Å². The van der Waals surface area contributed by atoms with Crippen LogP contribution < -0.4 is 5.73 Å². The molecule has 1 amide bonds. The van der Waals surface area contributed by atoms with E-state index in [1.165, 1.54) is 19.3 Å². The van der Waals surface area contributed by atoms with Crippen LogP contribution in [0.4, 0.5) is 0 Å². The van der Waals surface area contributed by atoms with Gasteiger partial charge in [-0.05, 0) is 43.4 Å². The summed E-state index contributed by atoms with van der Waals surface area (Å²) in [5, 5.41) is 0. The number of amides is 1. The molecular weight excluding hydrogens is 366 g/mol. The van der Waals surface area contributed by atoms with Gasteiger partial charge in [0, 0.05) is 51.4 Å². The average Bonchev–Trinajstić information content (AvgIpc) is 3.14. The molecule has 6 nitrogen and oxygen atoms in total. The third kappa shape index (κ3) is 3.73. The Morgan fingerprint density at radius 3 is 2.67 bits per heavy atom. The predicted octanol–water partition coefficient (Wildman–Crippen LogP) is 2.35. The van der Waals surface area contributed by atoms with Crippen molar-refractivity contribution in [2.45, 2.75) is 43.8 Å². The zero-order chi connectivity index (χ0) is 18.1. The molecule has 1 aromatic rings. The first-order chi connectivity index (χ1) is 12.6. The topological polar surface area (TPSA) is 77.7 Å². The number of halogens is 1. The lowest BCUT2D eigenvalue weighted by atomic mass is 9.62. The molecule has 0 aromatic carbocycles. The van der Waals surface area contributed by atoms with Gasteiger partial charge in [-0.3, -0.25) is 14.7 Å². The van der Waals surface area contributed by atoms with E-state index >= 15 is 0 Å². The van der Waals surface area contributed by atoms with Crippen LogP contribution in [0.15, 0.2) is 18.3 Å². The van der Waals surface area contributed by atoms with Crippen LogP contribution in [-0.4, -0.2) is 55.2 Å². The van der Waals surface area contributed by atoms with E-state index in [0.717, 1.165) is 44.6 Å². The fourth-order valence-corrected chi connectivity index (χ4v) is 5.48. The third-order valence-corrected chi connectivity index (χ3v) is 6.56. The van der Waals surface area contributed by atoms with Crippen molar-refractivity contribution in [3.8, 4) is 0 Å². The number of carbonyl (C=O) groups excluding carboxylic acids is 1. The zero-order valence-corrected chi connectivity index (χ0v) is 16.7. The maximum atomic E-state index is 11.6. The van der Waals surface area contributed by atoms with Gasteiger partial charge in [0.1, 0.15) is 11.3 Å². The van der Waals surface area contributed by atoms with Gasteiger partial charge < -0.3 is 15.2 Å². The Balaban J connectivity index is 0.00000210. The second-order valence-electron chi connectivity index (χ2n) is 7.97. The molecule has 2 aliphatic heterocycles. The molecule has 0 radical (unpaired) electrons. The van der Waals surface area contributed by atoms with Crippen LogP contribution in [0, 0.1) is 11.8 Å². The van der Waals surface area contributed by atoms with Crippen molar-refractivity contribution in [1.29, 1.82) is 0 Å². The smallest absolute Gasteiger partial charge is 0.267 e. The highest BCUT2D eigenvalue weighted by Crippen LogP contribution is 2.51. The van der Waals surface area contributed by atoms with E-state index in [0.29, 0.717) is 23.6 Å². The molecule has 0 spiro atoms. The molecule has 4 atom stereocenters. The molecule has 2 N–H and O–H groups in total. The van der Waals surface area contributed by atoms with Gasteiger partial charge >= 0.3 is 0 Å². The summed E-state index contributed by atoms with van der Waals surface area (Å²) in [6.45, 7) is 3.95. The Hall–Kier alpha value is -1.21. The van der Waals surface area contributed by atoms with Crippen LogP contribution >= 0.6 is 12.4 Å². The molecule has 3 aliphatic rings. The van der Waals surface area contributed by atoms with Crippen molar-refractivity contribution >= 4 is 18.3 Å². The SMILES string of the molecule is CO[C@]1(c2ccnc(C(N)=O)c2)[C@@H]2CCC[C@H]1CN(C[C@H]1CCCO1)C2.Cl. The Morgan fingerprint density at radius 1 is 1.33 bits per heavy atom. The lowest BCUT2D eigenvalue weighted by Crippen LogP contribution is -2.59. The number of pyridine rings is 1. The number of rotatable bonds is 5. The number of primary amides is 1. The minimum atomic E-state index is -0.487. The molecule has 4 rings (SSSR count). The summed E-state index contributed by atoms with van der Waals surface area (Å²) in [4.78, 5) is 18.3. The molecule has 1 aliphatic carbocycles. The number of fused-ring (bicyclic) bond motifs is 2. The fraction of sp³-hybridized carbons (Fsp3) is 0.700. The number of hydrogen-bond acceptors (Lipinski definition) is 5. The first-order valence-corrected chi connectivity index (χ1v) is 9.79. The van der Waals surface area contributed by atoms with Crippen LogP contribution in [-0.2, 0) is 15.1 Å². The molecule has 3 heterocycles. The van der Waals surface area contributed by atoms with Crippen LogP contribution in [0.5, 0.6) is 0 Å². The van der Waals surface area contributed by atoms with Crippen LogP contribution in [0.3, 0.4) is 0 Å². The molecule has 7 heteroatoms. The summed E-state index contributed by atoms with van der Waals surface area (Å²) < 4.78 is 12.1. The summed E-state index contributed by atoms with van der Waals surface area (Å²) >= 11 is 0. The van der Waals surface area contributed by atoms with E-state index in [4.69, 9.17) is 15.2 Å². The highest BCUT2D eigenvalue weighted by atomic mass is 35.5. The Kier molecular flexibility index (Phi) is 6.41. The van der Waals surface area contributed by atoms with Gasteiger partial charge in [-0.25, -0.2) is 0 Å². The summed E-state index contributed by atoms with van der Waals surface area (Å²) in [6.07, 6.45) is 7.94. The Labute approximate surface area is 167 Å². The van der Waals surface area contributed by atoms with E-state index in [2.05, 4.69) is 9.88 Å². The third-order valence-electron chi connectivity index (χ3n) is 6.56. The second kappa shape index (κ2) is 8.43. The standard InChI is InChI=1S/C20H29N3O3.ClH/c1-25-20(14-7-8-22-18(10-14)19(21)24)15-4-2-5-16(20)12-23(11-15)13-17-6-3-9-26-17;/h7-8,10,15-17H,2-6,9,11-13H2,1H3,(H2,21,24);1H/t15-,16+,17-,20-;/m1./s1. The number of nitrogens with two attached hydrogens (primary N) is 1. The number of ether oxygens (including phenoxy) is 2. The van der Waals surface area contributed by atoms with Crippen molar-refractivity contribution in [3.05, 3.63) is 29.6 Å². The summed E-state index contributed by atoms with van der Waals surface area (Å²) in [7, 11) is 1.81. The molecule has 1 aromatic heterocycles. The normalized spacial score (nSPS) is 33.4. The highest BCUT2D eigenvalue weighted by Gasteiger charge is 2.53. The largest absolute Gasteiger partial charge is 0.377 e. The molecule has 2 bridgehead atoms. The molecule has 2 saturated heterocycles. The molecule has 0 unspecified atom stereocenters. The number of carbonyl (C=O) groups is 1. The van der Waals surface area contributed by atoms with Gasteiger partial charge in [-0.15, -0.1) is 12.4 Å². The Bertz CT molecular complexity index is 652. The van der Waals surface area contributed by atoms with Gasteiger partial charge in [-0.2, -0.15) is 0 Å². The van der Waals surface area contributed by atoms with E-state index in [9.17, 15) is 4.79 Å². The summed E-state index contributed by atoms with van der Waals surface area (Å²) in [5.41, 5.74) is 6.48. The minimum absolute atomic E-state index is 0. The first-order valence-electron chi connectivity index (χ1n) is 9.79. The minimum Gasteiger partial charge on any atom is -0.377 e. The van der Waals surface area contributed by atoms with Crippen molar-refractivity contribution in [1.82, 2.24) is 9.88 Å². The maximum Gasteiger partial charge on any atom is 0.267 e. The van der Waals surface area contributed by atoms with Crippen LogP contribution in [0.25, 0.3) is 0 Å². The van der Waals surface area contributed by atoms with Gasteiger partial charge in [0.15, 0.2) is 0 Å². The number of likely N-dealkylation sites (tertiary alicyclic amines) is 1. The predicted molar refractivity (Wildman–Crippen MR) is 105 cm³/mol. The monoisotopic (exact) mass is 395 g/mol. The van der Waals surface area contributed by atoms with E-state index in [1.54, 1.807) is 6.20 Å². The van der Waals surface area contributed by atoms with Gasteiger partial charge in [0.25, 0.3) is 5.91 Å². The first kappa shape index (κ1) is 20.5. The van der Waals surface area contributed by atoms with E-state index < -0.39 is 5.91 Å². The van der Waals surface area contributed by atoms with Gasteiger partial charge in [0.05, 0.1) is 6.10 Å². The molecule has 3 fully saturated rings. The van der Waals surface area contributed by atoms with E-state index in [-0.39, 0.29) is 18.0 Å². The molecule has 1 saturated carbocycles. The van der Waals surface area contributed by atoms with Crippen molar-refractivity contribution in [2.75, 3.05) is 33.4 Å². The summed E-state index contributed by atoms with van der Waals surface area (Å²) in [5.74, 6) is 0.327. The average molecular weight is 396 g/mol. The quantitative estimate of drug-likeness (QED) is 0.828. The zero-order valence-electron chi connectivity index (χ0n) is 15.9. The second-order valence-corrected chi connectivity index (χ2v) is 7.97. The van der Waals surface area contributed by atoms with Gasteiger partial charge in [0.2, 0.25) is 0 Å². The Morgan fingerprint density at radius 2 is 2.07 bits per heavy atom. The number of piperidine rings is 1. The number of aromatic nitrogens is 1. The number of nitrogens with zero attached hydrogens (tertiary/aromatic N) is 2. The lowest BCUT2D eigenvalue weighted by Gasteiger charge is -2.55. The van der Waals surface area contributed by atoms with Crippen LogP contribution in [0.2, 0.25) is 0 Å². The maximum absolute atomic E-state index is 11.6. The van der Waals surface area contributed by atoms with Crippen molar-refractivity contribution in [3.63, 3.8) is 0 Å².